The Morgan fingerprint density at radius 3 is 2.95 bits per heavy atom. The maximum Gasteiger partial charge on any atom is 0.262 e. The second-order valence-electron chi connectivity index (χ2n) is 5.00. The Bertz CT molecular complexity index is 460. The van der Waals surface area contributed by atoms with Crippen LogP contribution in [0.5, 0.6) is 5.75 Å². The van der Waals surface area contributed by atoms with Gasteiger partial charge in [0, 0.05) is 6.04 Å². The monoisotopic (exact) mass is 263 g/mol. The van der Waals surface area contributed by atoms with Gasteiger partial charge in [0.25, 0.3) is 5.91 Å². The number of fused-ring (bicyclic) bond motifs is 1. The van der Waals surface area contributed by atoms with Gasteiger partial charge >= 0.3 is 0 Å². The molecule has 0 saturated heterocycles. The number of rotatable bonds is 5. The highest BCUT2D eigenvalue weighted by Gasteiger charge is 2.19. The van der Waals surface area contributed by atoms with Crippen LogP contribution < -0.4 is 15.8 Å². The Kier molecular flexibility index (Phi) is 4.39. The molecule has 104 valence electrons. The number of nitrogens with one attached hydrogen (secondary N) is 1. The number of anilines is 1. The summed E-state index contributed by atoms with van der Waals surface area (Å²) in [5.41, 5.74) is 7.52. The number of amides is 1. The summed E-state index contributed by atoms with van der Waals surface area (Å²) in [6.45, 7) is 0.783. The Labute approximate surface area is 113 Å². The lowest BCUT2D eigenvalue weighted by Crippen LogP contribution is -2.26. The molecule has 2 rings (SSSR count). The van der Waals surface area contributed by atoms with Gasteiger partial charge in [-0.1, -0.05) is 6.07 Å². The largest absolute Gasteiger partial charge is 0.482 e. The van der Waals surface area contributed by atoms with Crippen molar-refractivity contribution in [1.82, 2.24) is 4.90 Å². The van der Waals surface area contributed by atoms with Crippen LogP contribution in [0.4, 0.5) is 5.69 Å². The first-order chi connectivity index (χ1) is 9.11. The van der Waals surface area contributed by atoms with E-state index in [0.717, 1.165) is 24.3 Å². The van der Waals surface area contributed by atoms with Crippen molar-refractivity contribution in [2.45, 2.75) is 18.9 Å². The molecule has 0 bridgehead atoms. The van der Waals surface area contributed by atoms with E-state index in [4.69, 9.17) is 10.5 Å². The highest BCUT2D eigenvalue weighted by Crippen LogP contribution is 2.33. The van der Waals surface area contributed by atoms with Gasteiger partial charge in [-0.2, -0.15) is 0 Å². The van der Waals surface area contributed by atoms with Gasteiger partial charge in [-0.15, -0.1) is 0 Å². The van der Waals surface area contributed by atoms with Crippen molar-refractivity contribution >= 4 is 11.6 Å². The SMILES string of the molecule is CN(C)C(CCCN)c1ccc2c(c1)NC(=O)CO2. The Morgan fingerprint density at radius 1 is 1.47 bits per heavy atom. The van der Waals surface area contributed by atoms with Crippen molar-refractivity contribution < 1.29 is 9.53 Å². The number of carbonyl (C=O) groups excluding carboxylic acids is 1. The fraction of sp³-hybridized carbons (Fsp3) is 0.500. The van der Waals surface area contributed by atoms with E-state index in [-0.39, 0.29) is 12.5 Å². The van der Waals surface area contributed by atoms with Crippen molar-refractivity contribution in [1.29, 1.82) is 0 Å². The first-order valence-electron chi connectivity index (χ1n) is 6.55. The molecule has 1 amide bonds. The van der Waals surface area contributed by atoms with Crippen LogP contribution in [0.3, 0.4) is 0 Å². The molecule has 0 aliphatic carbocycles. The van der Waals surface area contributed by atoms with E-state index >= 15 is 0 Å². The molecule has 0 aromatic heterocycles. The Hall–Kier alpha value is -1.59. The molecule has 1 unspecified atom stereocenters. The van der Waals surface area contributed by atoms with Crippen LogP contribution >= 0.6 is 0 Å². The summed E-state index contributed by atoms with van der Waals surface area (Å²) in [5.74, 6) is 0.632. The molecular formula is C14H21N3O2. The third kappa shape index (κ3) is 3.24. The molecule has 1 atom stereocenters. The minimum Gasteiger partial charge on any atom is -0.482 e. The fourth-order valence-electron chi connectivity index (χ4n) is 2.34. The van der Waals surface area contributed by atoms with Crippen molar-refractivity contribution in [3.63, 3.8) is 0 Å². The molecule has 5 nitrogen and oxygen atoms in total. The molecule has 0 fully saturated rings. The third-order valence-corrected chi connectivity index (χ3v) is 3.33. The van der Waals surface area contributed by atoms with Crippen molar-refractivity contribution in [2.75, 3.05) is 32.6 Å². The van der Waals surface area contributed by atoms with Crippen LogP contribution in [0.15, 0.2) is 18.2 Å². The zero-order valence-corrected chi connectivity index (χ0v) is 11.5. The van der Waals surface area contributed by atoms with Crippen LogP contribution in [0.2, 0.25) is 0 Å². The minimum atomic E-state index is -0.104. The summed E-state index contributed by atoms with van der Waals surface area (Å²) in [5, 5.41) is 2.84. The van der Waals surface area contributed by atoms with E-state index < -0.39 is 0 Å². The van der Waals surface area contributed by atoms with Crippen LogP contribution in [0.25, 0.3) is 0 Å². The number of hydrogen-bond donors (Lipinski definition) is 2. The van der Waals surface area contributed by atoms with Crippen molar-refractivity contribution in [3.8, 4) is 5.75 Å². The standard InChI is InChI=1S/C14H21N3O2/c1-17(2)12(4-3-7-15)10-5-6-13-11(8-10)16-14(18)9-19-13/h5-6,8,12H,3-4,7,9,15H2,1-2H3,(H,16,18). The van der Waals surface area contributed by atoms with E-state index in [1.54, 1.807) is 0 Å². The van der Waals surface area contributed by atoms with Crippen LogP contribution in [0, 0.1) is 0 Å². The minimum absolute atomic E-state index is 0.0939. The number of nitrogens with two attached hydrogens (primary N) is 1. The van der Waals surface area contributed by atoms with E-state index in [1.807, 2.05) is 12.1 Å². The Morgan fingerprint density at radius 2 is 2.26 bits per heavy atom. The average Bonchev–Trinajstić information content (AvgIpc) is 2.38. The number of nitrogens with zero attached hydrogens (tertiary/aromatic N) is 1. The molecular weight excluding hydrogens is 242 g/mol. The molecule has 0 saturated carbocycles. The van der Waals surface area contributed by atoms with Crippen LogP contribution in [0.1, 0.15) is 24.4 Å². The lowest BCUT2D eigenvalue weighted by Gasteiger charge is -2.26. The quantitative estimate of drug-likeness (QED) is 0.841. The topological polar surface area (TPSA) is 67.6 Å². The fourth-order valence-corrected chi connectivity index (χ4v) is 2.34. The van der Waals surface area contributed by atoms with E-state index in [9.17, 15) is 4.79 Å². The van der Waals surface area contributed by atoms with Gasteiger partial charge in [0.05, 0.1) is 5.69 Å². The highest BCUT2D eigenvalue weighted by molar-refractivity contribution is 5.95. The highest BCUT2D eigenvalue weighted by atomic mass is 16.5. The first-order valence-corrected chi connectivity index (χ1v) is 6.55. The number of benzene rings is 1. The zero-order chi connectivity index (χ0) is 13.8. The molecule has 1 aromatic rings. The second-order valence-corrected chi connectivity index (χ2v) is 5.00. The number of ether oxygens (including phenoxy) is 1. The third-order valence-electron chi connectivity index (χ3n) is 3.33. The van der Waals surface area contributed by atoms with E-state index in [0.29, 0.717) is 12.6 Å². The maximum absolute atomic E-state index is 11.3. The van der Waals surface area contributed by atoms with E-state index in [1.165, 1.54) is 5.56 Å². The smallest absolute Gasteiger partial charge is 0.262 e. The van der Waals surface area contributed by atoms with Gasteiger partial charge in [-0.05, 0) is 51.2 Å². The summed E-state index contributed by atoms with van der Waals surface area (Å²) < 4.78 is 5.37. The lowest BCUT2D eigenvalue weighted by atomic mass is 10.00. The predicted octanol–water partition coefficient (Wildman–Crippen LogP) is 1.36. The van der Waals surface area contributed by atoms with Crippen LogP contribution in [-0.4, -0.2) is 38.1 Å². The van der Waals surface area contributed by atoms with Crippen molar-refractivity contribution in [3.05, 3.63) is 23.8 Å². The maximum atomic E-state index is 11.3. The predicted molar refractivity (Wildman–Crippen MR) is 75.3 cm³/mol. The van der Waals surface area contributed by atoms with Gasteiger partial charge < -0.3 is 20.7 Å². The average molecular weight is 263 g/mol. The van der Waals surface area contributed by atoms with Gasteiger partial charge in [-0.3, -0.25) is 4.79 Å². The molecule has 5 heteroatoms. The van der Waals surface area contributed by atoms with Gasteiger partial charge in [0.1, 0.15) is 5.75 Å². The first kappa shape index (κ1) is 13.8. The number of carbonyl (C=O) groups is 1. The summed E-state index contributed by atoms with van der Waals surface area (Å²) in [6.07, 6.45) is 1.97. The molecule has 3 N–H and O–H groups in total. The molecule has 1 aliphatic heterocycles. The Balaban J connectivity index is 2.23. The van der Waals surface area contributed by atoms with Crippen molar-refractivity contribution in [2.24, 2.45) is 5.73 Å². The normalized spacial score (nSPS) is 15.7. The summed E-state index contributed by atoms with van der Waals surface area (Å²) in [6, 6.07) is 6.27. The molecule has 19 heavy (non-hydrogen) atoms. The zero-order valence-electron chi connectivity index (χ0n) is 11.5. The van der Waals surface area contributed by atoms with Gasteiger partial charge in [0.15, 0.2) is 6.61 Å². The number of hydrogen-bond acceptors (Lipinski definition) is 4. The molecule has 1 aromatic carbocycles. The lowest BCUT2D eigenvalue weighted by molar-refractivity contribution is -0.118. The van der Waals surface area contributed by atoms with Gasteiger partial charge in [0.2, 0.25) is 0 Å². The summed E-state index contributed by atoms with van der Waals surface area (Å²) in [7, 11) is 4.10. The van der Waals surface area contributed by atoms with Gasteiger partial charge in [-0.25, -0.2) is 0 Å². The van der Waals surface area contributed by atoms with E-state index in [2.05, 4.69) is 30.4 Å². The molecule has 1 aliphatic rings. The second kappa shape index (κ2) is 6.04. The summed E-state index contributed by atoms with van der Waals surface area (Å²) in [4.78, 5) is 13.5. The summed E-state index contributed by atoms with van der Waals surface area (Å²) >= 11 is 0. The molecule has 0 radical (unpaired) electrons. The molecule has 0 spiro atoms. The molecule has 1 heterocycles. The van der Waals surface area contributed by atoms with Crippen LogP contribution in [-0.2, 0) is 4.79 Å².